The molecule has 0 aliphatic rings. The van der Waals surface area contributed by atoms with Crippen LogP contribution in [-0.2, 0) is 19.7 Å². The number of carboxylic acid groups (broad SMARTS) is 2. The van der Waals surface area contributed by atoms with Gasteiger partial charge in [0.2, 0.25) is 0 Å². The van der Waals surface area contributed by atoms with Crippen molar-refractivity contribution in [2.75, 3.05) is 0 Å². The van der Waals surface area contributed by atoms with Crippen LogP contribution in [0.2, 0.25) is 0 Å². The summed E-state index contributed by atoms with van der Waals surface area (Å²) in [5, 5.41) is 14.4. The van der Waals surface area contributed by atoms with Crippen molar-refractivity contribution in [2.45, 2.75) is 37.1 Å². The topological polar surface area (TPSA) is 181 Å². The van der Waals surface area contributed by atoms with Crippen LogP contribution in [0.15, 0.2) is 0 Å². The predicted molar refractivity (Wildman–Crippen MR) is 62.3 cm³/mol. The largest absolute Gasteiger partial charge is 0.483 e. The molecule has 0 aliphatic carbocycles. The second-order valence-corrected chi connectivity index (χ2v) is 5.23. The third kappa shape index (κ3) is 7.95. The minimum atomic E-state index is -4.17. The third-order valence-corrected chi connectivity index (χ3v) is 3.57. The van der Waals surface area contributed by atoms with Gasteiger partial charge in [-0.1, -0.05) is 6.92 Å². The average molecular weight is 286 g/mol. The number of rotatable bonds is 6. The van der Waals surface area contributed by atoms with E-state index in [1.807, 2.05) is 0 Å². The molecular weight excluding hydrogens is 268 g/mol. The lowest BCUT2D eigenvalue weighted by Gasteiger charge is -2.21. The second-order valence-electron chi connectivity index (χ2n) is 3.53. The Morgan fingerprint density at radius 1 is 1.44 bits per heavy atom. The summed E-state index contributed by atoms with van der Waals surface area (Å²) in [6, 6.07) is 0. The van der Waals surface area contributed by atoms with E-state index in [1.54, 1.807) is 6.92 Å². The molecule has 0 aromatic carbocycles. The van der Waals surface area contributed by atoms with Crippen molar-refractivity contribution in [1.82, 2.24) is 0 Å². The van der Waals surface area contributed by atoms with Crippen LogP contribution >= 0.6 is 0 Å². The first kappa shape index (κ1) is 19.1. The van der Waals surface area contributed by atoms with Crippen LogP contribution in [0.4, 0.5) is 0 Å². The Hall–Kier alpha value is -1.23. The maximum absolute atomic E-state index is 10.8. The van der Waals surface area contributed by atoms with Gasteiger partial charge in [-0.05, 0) is 19.3 Å². The number of hydrogen-bond acceptors (Lipinski definition) is 6. The zero-order chi connectivity index (χ0) is 15.0. The summed E-state index contributed by atoms with van der Waals surface area (Å²) in [4.78, 5) is 18.9. The van der Waals surface area contributed by atoms with E-state index in [-0.39, 0.29) is 25.7 Å². The number of aliphatic carboxylic acids is 1. The fourth-order valence-electron chi connectivity index (χ4n) is 1.07. The molecule has 0 amide bonds. The Bertz CT molecular complexity index is 366. The molecule has 0 aromatic heterocycles. The molecule has 7 N–H and O–H groups in total. The molecule has 0 saturated carbocycles. The Labute approximate surface area is 105 Å². The SMILES string of the molecule is CCC(CCC(N)(N)C(=O)O)S(=O)(=O)O.O=CO. The lowest BCUT2D eigenvalue weighted by Crippen LogP contribution is -2.56. The summed E-state index contributed by atoms with van der Waals surface area (Å²) >= 11 is 0. The van der Waals surface area contributed by atoms with Crippen molar-refractivity contribution in [3.63, 3.8) is 0 Å². The molecule has 0 spiro atoms. The quantitative estimate of drug-likeness (QED) is 0.228. The summed E-state index contributed by atoms with van der Waals surface area (Å²) in [5.74, 6) is -1.41. The first-order valence-corrected chi connectivity index (χ1v) is 6.38. The molecular formula is C8H18N2O7S. The molecule has 1 unspecified atom stereocenters. The number of nitrogens with two attached hydrogens (primary N) is 2. The van der Waals surface area contributed by atoms with Crippen molar-refractivity contribution >= 4 is 22.6 Å². The molecule has 9 nitrogen and oxygen atoms in total. The van der Waals surface area contributed by atoms with Gasteiger partial charge >= 0.3 is 5.97 Å². The number of hydrogen-bond donors (Lipinski definition) is 5. The Morgan fingerprint density at radius 2 is 1.83 bits per heavy atom. The van der Waals surface area contributed by atoms with Crippen molar-refractivity contribution in [1.29, 1.82) is 0 Å². The van der Waals surface area contributed by atoms with E-state index in [0.717, 1.165) is 0 Å². The maximum Gasteiger partial charge on any atom is 0.338 e. The van der Waals surface area contributed by atoms with Gasteiger partial charge in [-0.2, -0.15) is 8.42 Å². The predicted octanol–water partition coefficient (Wildman–Crippen LogP) is -1.17. The molecule has 0 radical (unpaired) electrons. The second kappa shape index (κ2) is 7.97. The van der Waals surface area contributed by atoms with Gasteiger partial charge in [-0.3, -0.25) is 9.35 Å². The Morgan fingerprint density at radius 3 is 2.06 bits per heavy atom. The van der Waals surface area contributed by atoms with E-state index in [4.69, 9.17) is 31.0 Å². The maximum atomic E-state index is 10.8. The van der Waals surface area contributed by atoms with E-state index in [0.29, 0.717) is 0 Å². The molecule has 1 atom stereocenters. The number of carboxylic acids is 1. The molecule has 0 heterocycles. The summed E-state index contributed by atoms with van der Waals surface area (Å²) in [6.07, 6.45) is -0.135. The van der Waals surface area contributed by atoms with E-state index in [9.17, 15) is 13.2 Å². The highest BCUT2D eigenvalue weighted by Crippen LogP contribution is 2.14. The Kier molecular flexibility index (Phi) is 8.47. The van der Waals surface area contributed by atoms with Gasteiger partial charge in [0.25, 0.3) is 16.6 Å². The molecule has 0 bridgehead atoms. The standard InChI is InChI=1S/C7H16N2O5S.CH2O2/c1-2-5(15(12,13)14)3-4-7(8,9)6(10)11;2-1-3/h5H,2-4,8-9H2,1H3,(H,10,11)(H,12,13,14);1H,(H,2,3). The molecule has 0 saturated heterocycles. The van der Waals surface area contributed by atoms with Gasteiger partial charge in [0.15, 0.2) is 5.66 Å². The molecule has 0 fully saturated rings. The third-order valence-electron chi connectivity index (χ3n) is 2.15. The molecule has 10 heteroatoms. The van der Waals surface area contributed by atoms with Crippen LogP contribution in [0.25, 0.3) is 0 Å². The van der Waals surface area contributed by atoms with E-state index < -0.39 is 27.0 Å². The monoisotopic (exact) mass is 286 g/mol. The summed E-state index contributed by atoms with van der Waals surface area (Å²) in [7, 11) is -4.17. The zero-order valence-corrected chi connectivity index (χ0v) is 10.6. The van der Waals surface area contributed by atoms with Crippen molar-refractivity contribution in [2.24, 2.45) is 11.5 Å². The van der Waals surface area contributed by atoms with Crippen LogP contribution in [0.3, 0.4) is 0 Å². The molecule has 108 valence electrons. The van der Waals surface area contributed by atoms with Gasteiger partial charge in [0, 0.05) is 0 Å². The van der Waals surface area contributed by atoms with Gasteiger partial charge in [0.05, 0.1) is 5.25 Å². The average Bonchev–Trinajstić information content (AvgIpc) is 2.17. The van der Waals surface area contributed by atoms with Gasteiger partial charge in [-0.15, -0.1) is 0 Å². The molecule has 0 aromatic rings. The fourth-order valence-corrected chi connectivity index (χ4v) is 1.91. The van der Waals surface area contributed by atoms with Crippen LogP contribution < -0.4 is 11.5 Å². The fraction of sp³-hybridized carbons (Fsp3) is 0.750. The highest BCUT2D eigenvalue weighted by molar-refractivity contribution is 7.86. The lowest BCUT2D eigenvalue weighted by atomic mass is 10.0. The molecule has 0 rings (SSSR count). The van der Waals surface area contributed by atoms with Crippen LogP contribution in [-0.4, -0.2) is 46.5 Å². The normalized spacial score (nSPS) is 13.1. The number of carbonyl (C=O) groups is 2. The summed E-state index contributed by atoms with van der Waals surface area (Å²) in [6.45, 7) is 1.31. The highest BCUT2D eigenvalue weighted by Gasteiger charge is 2.31. The minimum Gasteiger partial charge on any atom is -0.483 e. The summed E-state index contributed by atoms with van der Waals surface area (Å²) in [5.41, 5.74) is 8.45. The van der Waals surface area contributed by atoms with Crippen LogP contribution in [0.5, 0.6) is 0 Å². The van der Waals surface area contributed by atoms with E-state index in [1.165, 1.54) is 0 Å². The van der Waals surface area contributed by atoms with E-state index in [2.05, 4.69) is 0 Å². The van der Waals surface area contributed by atoms with E-state index >= 15 is 0 Å². The highest BCUT2D eigenvalue weighted by atomic mass is 32.2. The van der Waals surface area contributed by atoms with Crippen molar-refractivity contribution in [3.05, 3.63) is 0 Å². The van der Waals surface area contributed by atoms with Crippen molar-refractivity contribution < 1.29 is 32.8 Å². The smallest absolute Gasteiger partial charge is 0.338 e. The van der Waals surface area contributed by atoms with Crippen molar-refractivity contribution in [3.8, 4) is 0 Å². The zero-order valence-electron chi connectivity index (χ0n) is 9.81. The van der Waals surface area contributed by atoms with Crippen LogP contribution in [0.1, 0.15) is 26.2 Å². The Balaban J connectivity index is 0. The minimum absolute atomic E-state index is 0.0887. The first-order valence-electron chi connectivity index (χ1n) is 4.88. The lowest BCUT2D eigenvalue weighted by molar-refractivity contribution is -0.143. The first-order chi connectivity index (χ1) is 8.02. The molecule has 0 aliphatic heterocycles. The van der Waals surface area contributed by atoms with Crippen LogP contribution in [0, 0.1) is 0 Å². The van der Waals surface area contributed by atoms with Gasteiger partial charge < -0.3 is 21.7 Å². The van der Waals surface area contributed by atoms with Gasteiger partial charge in [-0.25, -0.2) is 4.79 Å². The summed E-state index contributed by atoms with van der Waals surface area (Å²) < 4.78 is 30.3. The molecule has 18 heavy (non-hydrogen) atoms. The van der Waals surface area contributed by atoms with Gasteiger partial charge in [0.1, 0.15) is 0 Å².